The Morgan fingerprint density at radius 3 is 0.855 bits per heavy atom. The molecule has 0 aliphatic rings. The number of hydrogen-bond donors (Lipinski definition) is 0. The number of pyridine rings is 3. The number of fused-ring (bicyclic) bond motifs is 2. The molecule has 0 N–H and O–H groups in total. The Labute approximate surface area is 683 Å². The van der Waals surface area contributed by atoms with Crippen molar-refractivity contribution in [2.75, 3.05) is 0 Å². The van der Waals surface area contributed by atoms with E-state index in [1.165, 1.54) is 83.1 Å². The predicted octanol–water partition coefficient (Wildman–Crippen LogP) is 30.4. The Morgan fingerprint density at radius 1 is 0.245 bits per heavy atom. The molecule has 11 aromatic rings. The molecule has 594 valence electrons. The predicted molar refractivity (Wildman–Crippen MR) is 495 cm³/mol. The van der Waals surface area contributed by atoms with Crippen LogP contribution in [-0.2, 0) is 54.1 Å². The maximum Gasteiger partial charge on any atom is 0.0775 e. The van der Waals surface area contributed by atoms with Crippen molar-refractivity contribution >= 4 is 35.1 Å². The molecule has 0 fully saturated rings. The second-order valence-corrected chi connectivity index (χ2v) is 46.1. The van der Waals surface area contributed by atoms with Crippen molar-refractivity contribution in [2.45, 2.75) is 309 Å². The molecule has 0 radical (unpaired) electrons. The first-order valence-electron chi connectivity index (χ1n) is 42.4. The van der Waals surface area contributed by atoms with Crippen molar-refractivity contribution in [3.63, 3.8) is 0 Å². The topological polar surface area (TPSA) is 38.7 Å². The van der Waals surface area contributed by atoms with Gasteiger partial charge >= 0.3 is 0 Å². The van der Waals surface area contributed by atoms with Crippen molar-refractivity contribution in [3.05, 3.63) is 321 Å². The lowest BCUT2D eigenvalue weighted by Gasteiger charge is -2.23. The van der Waals surface area contributed by atoms with Crippen LogP contribution in [0, 0.1) is 27.7 Å². The maximum absolute atomic E-state index is 7.72. The van der Waals surface area contributed by atoms with Crippen molar-refractivity contribution in [2.24, 2.45) is 0 Å². The minimum absolute atomic E-state index is 0.103. The normalized spacial score (nSPS) is 12.7. The van der Waals surface area contributed by atoms with Crippen LogP contribution in [-0.4, -0.2) is 23.0 Å². The van der Waals surface area contributed by atoms with Gasteiger partial charge in [-0.2, -0.15) is 0 Å². The number of benzene rings is 8. The third-order valence-electron chi connectivity index (χ3n) is 18.8. The molecule has 110 heavy (non-hydrogen) atoms. The molecule has 3 heterocycles. The van der Waals surface area contributed by atoms with Gasteiger partial charge in [0, 0.05) is 35.6 Å². The summed E-state index contributed by atoms with van der Waals surface area (Å²) in [6.45, 7) is 81.6. The van der Waals surface area contributed by atoms with Crippen LogP contribution in [0.2, 0.25) is 19.6 Å². The van der Waals surface area contributed by atoms with Crippen LogP contribution in [0.25, 0.3) is 21.8 Å². The lowest BCUT2D eigenvalue weighted by molar-refractivity contribution is 0.577. The number of nitrogens with zero attached hydrogens (tertiary/aromatic N) is 3. The van der Waals surface area contributed by atoms with Gasteiger partial charge in [0.05, 0.1) is 26.0 Å². The standard InChI is InChI=1S/C14H22.2C13H15N.C13H22Si.C12H18.2C11H16.C10H14.C9H13N/c1-13(2,3)11-7-9-12(10-8-11)14(4,5)6;2*1-13(2,3)11-8-9-14-12-7-5-4-6-10(11)12;1-13(2,3)11-7-9-12(10-8-11)14(4,5)6;1-9-6-10(2)8-11(7-9)12(3,4)5;1-9-5-7-10(8-6-9)11(2,3)4;1-9-6-5-7-10(8-9)11(2,3)4;1-10(2,3)9-7-5-4-6-8-9;1-9(2,3)8-4-6-10-7-5-8/h7-10H,1-6H3;2*4-9H,1-3H3;7-10H,1-6H3;6-8H,1-5H3;2*5-8H,1-4H3;4-8H,1-3H3;4-7H,1-3H3/i;;;;;;;4D,5D,6D,7D,8D;. The van der Waals surface area contributed by atoms with Gasteiger partial charge in [0.15, 0.2) is 0 Å². The molecular formula is C106H151N3Si. The SMILES string of the molecule is CC(C)(C)c1ccc(C(C)(C)C)cc1.CC(C)(C)c1ccc([Si](C)(C)C)cc1.CC(C)(C)c1ccnc2ccccc12.CC(C)(C)c1ccnc2ccccc12.CC(C)(C)c1ccncc1.Cc1cc(C)cc(C(C)(C)C)c1.Cc1ccc(C(C)(C)C)cc1.Cc1cccc(C(C)(C)C)c1.[2H]c1c([2H])c([2H])c(C(C)(C)C)c([2H])c1[2H]. The van der Waals surface area contributed by atoms with E-state index in [1.54, 1.807) is 5.19 Å². The maximum atomic E-state index is 7.72. The Morgan fingerprint density at radius 2 is 0.555 bits per heavy atom. The van der Waals surface area contributed by atoms with E-state index < -0.39 is 13.5 Å². The summed E-state index contributed by atoms with van der Waals surface area (Å²) in [5.74, 6) is 0. The number of hydrogen-bond acceptors (Lipinski definition) is 3. The summed E-state index contributed by atoms with van der Waals surface area (Å²) in [5, 5.41) is 4.08. The lowest BCUT2D eigenvalue weighted by Crippen LogP contribution is -2.37. The van der Waals surface area contributed by atoms with Crippen molar-refractivity contribution in [1.29, 1.82) is 0 Å². The summed E-state index contributed by atoms with van der Waals surface area (Å²) in [4.78, 5) is 12.7. The molecule has 11 rings (SSSR count). The van der Waals surface area contributed by atoms with Crippen molar-refractivity contribution in [3.8, 4) is 0 Å². The minimum Gasteiger partial charge on any atom is -0.265 e. The molecular weight excluding hydrogens is 1340 g/mol. The van der Waals surface area contributed by atoms with Gasteiger partial charge in [-0.15, -0.1) is 0 Å². The van der Waals surface area contributed by atoms with Crippen LogP contribution in [0.3, 0.4) is 0 Å². The molecule has 0 bridgehead atoms. The second-order valence-electron chi connectivity index (χ2n) is 41.0. The molecule has 0 unspecified atom stereocenters. The van der Waals surface area contributed by atoms with Crippen molar-refractivity contribution in [1.82, 2.24) is 15.0 Å². The first kappa shape index (κ1) is 87.5. The largest absolute Gasteiger partial charge is 0.265 e. The fourth-order valence-corrected chi connectivity index (χ4v) is 12.7. The summed E-state index contributed by atoms with van der Waals surface area (Å²) >= 11 is 0. The average molecular weight is 1500 g/mol. The molecule has 0 amide bonds. The van der Waals surface area contributed by atoms with E-state index in [4.69, 9.17) is 6.85 Å². The fraction of sp³-hybridized carbons (Fsp3) is 0.443. The highest BCUT2D eigenvalue weighted by atomic mass is 28.3. The zero-order valence-corrected chi connectivity index (χ0v) is 77.0. The van der Waals surface area contributed by atoms with Gasteiger partial charge in [0.2, 0.25) is 0 Å². The Kier molecular flexibility index (Phi) is 32.2. The first-order chi connectivity index (χ1) is 52.3. The molecule has 0 aliphatic heterocycles. The van der Waals surface area contributed by atoms with Crippen LogP contribution in [0.15, 0.2) is 243 Å². The van der Waals surface area contributed by atoms with E-state index in [9.17, 15) is 0 Å². The van der Waals surface area contributed by atoms with Crippen LogP contribution in [0.1, 0.15) is 292 Å². The van der Waals surface area contributed by atoms with Crippen LogP contribution in [0.4, 0.5) is 0 Å². The van der Waals surface area contributed by atoms with Crippen LogP contribution < -0.4 is 5.19 Å². The summed E-state index contributed by atoms with van der Waals surface area (Å²) in [6.07, 6.45) is 7.45. The highest BCUT2D eigenvalue weighted by molar-refractivity contribution is 6.88. The molecule has 4 heteroatoms. The Bertz CT molecular complexity index is 4500. The van der Waals surface area contributed by atoms with Gasteiger partial charge < -0.3 is 0 Å². The first-order valence-corrected chi connectivity index (χ1v) is 43.4. The summed E-state index contributed by atoms with van der Waals surface area (Å²) in [6, 6.07) is 66.3. The minimum atomic E-state index is -1.12. The van der Waals surface area contributed by atoms with E-state index >= 15 is 0 Å². The smallest absolute Gasteiger partial charge is 0.0775 e. The van der Waals surface area contributed by atoms with E-state index in [2.05, 4.69) is 425 Å². The van der Waals surface area contributed by atoms with Gasteiger partial charge in [0.1, 0.15) is 0 Å². The zero-order valence-electron chi connectivity index (χ0n) is 81.0. The number of aromatic nitrogens is 3. The number of rotatable bonds is 1. The third-order valence-corrected chi connectivity index (χ3v) is 20.9. The van der Waals surface area contributed by atoms with Gasteiger partial charge in [-0.3, -0.25) is 15.0 Å². The van der Waals surface area contributed by atoms with E-state index in [0.717, 1.165) is 11.0 Å². The Balaban J connectivity index is 0.000000336. The van der Waals surface area contributed by atoms with Gasteiger partial charge in [-0.25, -0.2) is 0 Å². The molecule has 3 aromatic heterocycles. The number of para-hydroxylation sites is 2. The lowest BCUT2D eigenvalue weighted by atomic mass is 9.82. The average Bonchev–Trinajstić information content (AvgIpc) is 0.790. The van der Waals surface area contributed by atoms with Gasteiger partial charge in [0.25, 0.3) is 0 Å². The monoisotopic (exact) mass is 1500 g/mol. The van der Waals surface area contributed by atoms with E-state index in [1.807, 2.05) is 57.7 Å². The van der Waals surface area contributed by atoms with Crippen LogP contribution in [0.5, 0.6) is 0 Å². The van der Waals surface area contributed by atoms with E-state index in [0.29, 0.717) is 5.56 Å². The molecule has 0 aliphatic carbocycles. The highest BCUT2D eigenvalue weighted by Gasteiger charge is 2.22. The van der Waals surface area contributed by atoms with E-state index in [-0.39, 0.29) is 78.9 Å². The Hall–Kier alpha value is -8.05. The molecule has 0 saturated heterocycles. The fourth-order valence-electron chi connectivity index (χ4n) is 11.5. The van der Waals surface area contributed by atoms with Gasteiger partial charge in [-0.05, 0) is 174 Å². The summed E-state index contributed by atoms with van der Waals surface area (Å²) in [7, 11) is -1.12. The third kappa shape index (κ3) is 34.7. The molecule has 0 saturated carbocycles. The summed E-state index contributed by atoms with van der Waals surface area (Å²) < 4.78 is 37.9. The second kappa shape index (κ2) is 40.4. The van der Waals surface area contributed by atoms with Crippen molar-refractivity contribution < 1.29 is 6.85 Å². The number of aryl methyl sites for hydroxylation is 4. The van der Waals surface area contributed by atoms with Gasteiger partial charge in [-0.1, -0.05) is 437 Å². The quantitative estimate of drug-likeness (QED) is 0.154. The van der Waals surface area contributed by atoms with Crippen LogP contribution >= 0.6 is 0 Å². The molecule has 0 spiro atoms. The highest BCUT2D eigenvalue weighted by Crippen LogP contribution is 2.33. The molecule has 0 atom stereocenters. The zero-order chi connectivity index (χ0) is 88.2. The summed E-state index contributed by atoms with van der Waals surface area (Å²) in [5.41, 5.74) is 22.3. The molecule has 3 nitrogen and oxygen atoms in total. The molecule has 8 aromatic carbocycles.